The molecule has 2 nitrogen and oxygen atoms in total. The lowest BCUT2D eigenvalue weighted by Crippen LogP contribution is -2.14. The zero-order valence-corrected chi connectivity index (χ0v) is 9.88. The lowest BCUT2D eigenvalue weighted by molar-refractivity contribution is 0.628. The van der Waals surface area contributed by atoms with Crippen LogP contribution in [0, 0.1) is 0 Å². The van der Waals surface area contributed by atoms with Crippen molar-refractivity contribution in [1.29, 1.82) is 0 Å². The van der Waals surface area contributed by atoms with Gasteiger partial charge in [-0.1, -0.05) is 60.7 Å². The van der Waals surface area contributed by atoms with Crippen molar-refractivity contribution in [2.75, 3.05) is 7.05 Å². The minimum atomic E-state index is 0.0106. The van der Waals surface area contributed by atoms with E-state index in [2.05, 4.69) is 22.4 Å². The van der Waals surface area contributed by atoms with E-state index in [0.29, 0.717) is 0 Å². The van der Waals surface area contributed by atoms with E-state index in [-0.39, 0.29) is 6.17 Å². The second-order valence-corrected chi connectivity index (χ2v) is 3.79. The highest BCUT2D eigenvalue weighted by molar-refractivity contribution is 5.79. The van der Waals surface area contributed by atoms with Crippen LogP contribution in [0.3, 0.4) is 0 Å². The molecular weight excluding hydrogens is 208 g/mol. The average molecular weight is 224 g/mol. The molecule has 0 spiro atoms. The Hall–Kier alpha value is -1.93. The third-order valence-corrected chi connectivity index (χ3v) is 2.56. The zero-order chi connectivity index (χ0) is 11.9. The molecule has 1 unspecified atom stereocenters. The number of hydrogen-bond acceptors (Lipinski definition) is 2. The molecule has 0 aliphatic carbocycles. The second kappa shape index (κ2) is 5.97. The molecule has 0 saturated carbocycles. The highest BCUT2D eigenvalue weighted by atomic mass is 15.0. The van der Waals surface area contributed by atoms with Crippen LogP contribution in [0.4, 0.5) is 0 Å². The van der Waals surface area contributed by atoms with Gasteiger partial charge in [0.15, 0.2) is 0 Å². The summed E-state index contributed by atoms with van der Waals surface area (Å²) in [5.74, 6) is 0. The molecule has 1 N–H and O–H groups in total. The minimum Gasteiger partial charge on any atom is -0.295 e. The van der Waals surface area contributed by atoms with Crippen molar-refractivity contribution in [2.45, 2.75) is 6.17 Å². The Morgan fingerprint density at radius 3 is 2.12 bits per heavy atom. The van der Waals surface area contributed by atoms with E-state index in [1.807, 2.05) is 61.8 Å². The van der Waals surface area contributed by atoms with Crippen molar-refractivity contribution in [3.05, 3.63) is 71.8 Å². The van der Waals surface area contributed by atoms with Crippen LogP contribution in [-0.2, 0) is 0 Å². The van der Waals surface area contributed by atoms with Crippen LogP contribution < -0.4 is 5.32 Å². The second-order valence-electron chi connectivity index (χ2n) is 3.79. The van der Waals surface area contributed by atoms with E-state index in [9.17, 15) is 0 Å². The summed E-state index contributed by atoms with van der Waals surface area (Å²) < 4.78 is 0. The highest BCUT2D eigenvalue weighted by Crippen LogP contribution is 2.13. The normalized spacial score (nSPS) is 12.8. The zero-order valence-electron chi connectivity index (χ0n) is 9.88. The number of hydrogen-bond donors (Lipinski definition) is 1. The lowest BCUT2D eigenvalue weighted by atomic mass is 10.2. The number of rotatable bonds is 4. The first-order valence-corrected chi connectivity index (χ1v) is 5.70. The Kier molecular flexibility index (Phi) is 4.05. The molecule has 2 heteroatoms. The summed E-state index contributed by atoms with van der Waals surface area (Å²) in [5, 5.41) is 3.19. The summed E-state index contributed by atoms with van der Waals surface area (Å²) in [6.45, 7) is 0. The summed E-state index contributed by atoms with van der Waals surface area (Å²) >= 11 is 0. The maximum absolute atomic E-state index is 4.55. The minimum absolute atomic E-state index is 0.0106. The molecule has 0 aromatic heterocycles. The number of benzene rings is 2. The van der Waals surface area contributed by atoms with Crippen LogP contribution in [0.1, 0.15) is 17.3 Å². The van der Waals surface area contributed by atoms with Gasteiger partial charge in [0.25, 0.3) is 0 Å². The van der Waals surface area contributed by atoms with Crippen molar-refractivity contribution in [2.24, 2.45) is 4.99 Å². The average Bonchev–Trinajstić information content (AvgIpc) is 2.42. The van der Waals surface area contributed by atoms with E-state index in [0.717, 1.165) is 5.56 Å². The van der Waals surface area contributed by atoms with E-state index >= 15 is 0 Å². The SMILES string of the molecule is CNC(N=Cc1ccccc1)c1ccccc1. The quantitative estimate of drug-likeness (QED) is 0.793. The van der Waals surface area contributed by atoms with E-state index < -0.39 is 0 Å². The molecule has 0 saturated heterocycles. The van der Waals surface area contributed by atoms with Crippen LogP contribution >= 0.6 is 0 Å². The molecule has 2 aromatic carbocycles. The van der Waals surface area contributed by atoms with Crippen molar-refractivity contribution >= 4 is 6.21 Å². The van der Waals surface area contributed by atoms with Gasteiger partial charge in [-0.2, -0.15) is 0 Å². The van der Waals surface area contributed by atoms with Crippen molar-refractivity contribution < 1.29 is 0 Å². The first kappa shape index (κ1) is 11.6. The summed E-state index contributed by atoms with van der Waals surface area (Å²) in [4.78, 5) is 4.55. The van der Waals surface area contributed by atoms with Crippen molar-refractivity contribution in [3.8, 4) is 0 Å². The Morgan fingerprint density at radius 2 is 1.53 bits per heavy atom. The maximum atomic E-state index is 4.55. The summed E-state index contributed by atoms with van der Waals surface area (Å²) in [7, 11) is 1.92. The summed E-state index contributed by atoms with van der Waals surface area (Å²) in [5.41, 5.74) is 2.28. The molecule has 0 aliphatic heterocycles. The van der Waals surface area contributed by atoms with E-state index in [1.54, 1.807) is 0 Å². The number of nitrogens with one attached hydrogen (secondary N) is 1. The third kappa shape index (κ3) is 3.26. The summed E-state index contributed by atoms with van der Waals surface area (Å²) in [6.07, 6.45) is 1.91. The number of nitrogens with zero attached hydrogens (tertiary/aromatic N) is 1. The van der Waals surface area contributed by atoms with Gasteiger partial charge in [0.05, 0.1) is 0 Å². The van der Waals surface area contributed by atoms with Crippen LogP contribution in [0.5, 0.6) is 0 Å². The molecule has 86 valence electrons. The molecule has 2 aromatic rings. The number of aliphatic imine (C=N–C) groups is 1. The molecule has 0 aliphatic rings. The van der Waals surface area contributed by atoms with Gasteiger partial charge in [0.1, 0.15) is 6.17 Å². The van der Waals surface area contributed by atoms with E-state index in [4.69, 9.17) is 0 Å². The molecule has 2 rings (SSSR count). The molecule has 0 fully saturated rings. The monoisotopic (exact) mass is 224 g/mol. The smallest absolute Gasteiger partial charge is 0.125 e. The largest absolute Gasteiger partial charge is 0.295 e. The van der Waals surface area contributed by atoms with Gasteiger partial charge >= 0.3 is 0 Å². The Labute approximate surface area is 102 Å². The molecule has 0 heterocycles. The highest BCUT2D eigenvalue weighted by Gasteiger charge is 2.04. The van der Waals surface area contributed by atoms with Gasteiger partial charge < -0.3 is 0 Å². The fourth-order valence-electron chi connectivity index (χ4n) is 1.66. The molecular formula is C15H16N2. The van der Waals surface area contributed by atoms with Crippen molar-refractivity contribution in [3.63, 3.8) is 0 Å². The van der Waals surface area contributed by atoms with Crippen molar-refractivity contribution in [1.82, 2.24) is 5.32 Å². The van der Waals surface area contributed by atoms with Gasteiger partial charge in [-0.3, -0.25) is 10.3 Å². The van der Waals surface area contributed by atoms with E-state index in [1.165, 1.54) is 5.56 Å². The molecule has 0 bridgehead atoms. The van der Waals surface area contributed by atoms with Crippen LogP contribution in [-0.4, -0.2) is 13.3 Å². The topological polar surface area (TPSA) is 24.4 Å². The van der Waals surface area contributed by atoms with Gasteiger partial charge in [0, 0.05) is 6.21 Å². The van der Waals surface area contributed by atoms with Crippen LogP contribution in [0.25, 0.3) is 0 Å². The first-order chi connectivity index (χ1) is 8.40. The fourth-order valence-corrected chi connectivity index (χ4v) is 1.66. The van der Waals surface area contributed by atoms with Gasteiger partial charge in [-0.05, 0) is 18.2 Å². The third-order valence-electron chi connectivity index (χ3n) is 2.56. The Balaban J connectivity index is 2.14. The standard InChI is InChI=1S/C15H16N2/c1-16-15(14-10-6-3-7-11-14)17-12-13-8-4-2-5-9-13/h2-12,15-16H,1H3. The van der Waals surface area contributed by atoms with Crippen LogP contribution in [0.2, 0.25) is 0 Å². The predicted molar refractivity (Wildman–Crippen MR) is 72.3 cm³/mol. The first-order valence-electron chi connectivity index (χ1n) is 5.70. The molecule has 0 radical (unpaired) electrons. The Bertz CT molecular complexity index is 463. The lowest BCUT2D eigenvalue weighted by Gasteiger charge is -2.11. The van der Waals surface area contributed by atoms with Gasteiger partial charge in [-0.25, -0.2) is 0 Å². The van der Waals surface area contributed by atoms with Gasteiger partial charge in [0.2, 0.25) is 0 Å². The van der Waals surface area contributed by atoms with Gasteiger partial charge in [-0.15, -0.1) is 0 Å². The molecule has 0 amide bonds. The van der Waals surface area contributed by atoms with Crippen LogP contribution in [0.15, 0.2) is 65.7 Å². The molecule has 1 atom stereocenters. The predicted octanol–water partition coefficient (Wildman–Crippen LogP) is 3.02. The fraction of sp³-hybridized carbons (Fsp3) is 0.133. The molecule has 17 heavy (non-hydrogen) atoms. The maximum Gasteiger partial charge on any atom is 0.125 e. The Morgan fingerprint density at radius 1 is 0.941 bits per heavy atom. The summed E-state index contributed by atoms with van der Waals surface area (Å²) in [6, 6.07) is 20.3.